The van der Waals surface area contributed by atoms with Crippen LogP contribution in [0.3, 0.4) is 0 Å². The first kappa shape index (κ1) is 22.6. The third-order valence-electron chi connectivity index (χ3n) is 4.30. The van der Waals surface area contributed by atoms with Gasteiger partial charge in [-0.2, -0.15) is 0 Å². The van der Waals surface area contributed by atoms with Gasteiger partial charge in [0.1, 0.15) is 0 Å². The molecule has 144 valence electrons. The Hall–Kier alpha value is -0.450. The van der Waals surface area contributed by atoms with Gasteiger partial charge in [0.05, 0.1) is 31.0 Å². The van der Waals surface area contributed by atoms with Crippen molar-refractivity contribution in [1.29, 1.82) is 0 Å². The average molecular weight is 481 g/mol. The Bertz CT molecular complexity index is 517. The lowest BCUT2D eigenvalue weighted by Crippen LogP contribution is -2.50. The summed E-state index contributed by atoms with van der Waals surface area (Å²) in [5.41, 5.74) is 2.98. The number of aryl methyl sites for hydroxylation is 1. The largest absolute Gasteiger partial charge is 0.379 e. The van der Waals surface area contributed by atoms with Gasteiger partial charge in [-0.3, -0.25) is 9.89 Å². The molecule has 0 spiro atoms. The molecule has 0 radical (unpaired) electrons. The zero-order chi connectivity index (χ0) is 17.4. The SMILES string of the molecule is CN=C(NCc1scnc1C)NCC(CC(C)C)N1CCOCC1.I. The Kier molecular flexibility index (Phi) is 10.9. The summed E-state index contributed by atoms with van der Waals surface area (Å²) in [6, 6.07) is 0.512. The lowest BCUT2D eigenvalue weighted by atomic mass is 10.0. The highest BCUT2D eigenvalue weighted by Crippen LogP contribution is 2.13. The Balaban J connectivity index is 0.00000312. The maximum atomic E-state index is 5.49. The third kappa shape index (κ3) is 7.76. The molecule has 25 heavy (non-hydrogen) atoms. The highest BCUT2D eigenvalue weighted by molar-refractivity contribution is 14.0. The number of rotatable bonds is 7. The number of aromatic nitrogens is 1. The molecule has 2 N–H and O–H groups in total. The number of aliphatic imine (C=N–C) groups is 1. The van der Waals surface area contributed by atoms with Crippen LogP contribution in [-0.2, 0) is 11.3 Å². The van der Waals surface area contributed by atoms with Gasteiger partial charge in [-0.05, 0) is 19.3 Å². The molecule has 1 aromatic rings. The van der Waals surface area contributed by atoms with Crippen molar-refractivity contribution in [3.63, 3.8) is 0 Å². The van der Waals surface area contributed by atoms with Crippen molar-refractivity contribution in [3.05, 3.63) is 16.1 Å². The summed E-state index contributed by atoms with van der Waals surface area (Å²) in [5.74, 6) is 1.53. The molecule has 1 aromatic heterocycles. The van der Waals surface area contributed by atoms with E-state index < -0.39 is 0 Å². The number of thiazole rings is 1. The van der Waals surface area contributed by atoms with Crippen LogP contribution in [0.15, 0.2) is 10.5 Å². The van der Waals surface area contributed by atoms with Gasteiger partial charge in [-0.1, -0.05) is 13.8 Å². The van der Waals surface area contributed by atoms with Gasteiger partial charge in [0, 0.05) is 37.6 Å². The molecule has 8 heteroatoms. The molecule has 1 atom stereocenters. The number of hydrogen-bond donors (Lipinski definition) is 2. The minimum Gasteiger partial charge on any atom is -0.379 e. The fourth-order valence-electron chi connectivity index (χ4n) is 2.94. The van der Waals surface area contributed by atoms with E-state index in [1.807, 2.05) is 19.5 Å². The van der Waals surface area contributed by atoms with Crippen molar-refractivity contribution >= 4 is 41.3 Å². The van der Waals surface area contributed by atoms with Gasteiger partial charge in [0.25, 0.3) is 0 Å². The van der Waals surface area contributed by atoms with Gasteiger partial charge < -0.3 is 15.4 Å². The molecule has 0 bridgehead atoms. The minimum absolute atomic E-state index is 0. The quantitative estimate of drug-likeness (QED) is 0.356. The highest BCUT2D eigenvalue weighted by Gasteiger charge is 2.22. The fraction of sp³-hybridized carbons (Fsp3) is 0.765. The van der Waals surface area contributed by atoms with E-state index in [1.54, 1.807) is 11.3 Å². The van der Waals surface area contributed by atoms with E-state index in [0.717, 1.165) is 51.0 Å². The van der Waals surface area contributed by atoms with E-state index in [-0.39, 0.29) is 24.0 Å². The van der Waals surface area contributed by atoms with Crippen LogP contribution in [0, 0.1) is 12.8 Å². The molecule has 1 aliphatic heterocycles. The van der Waals surface area contributed by atoms with Crippen LogP contribution < -0.4 is 10.6 Å². The predicted molar refractivity (Wildman–Crippen MR) is 116 cm³/mol. The number of halogens is 1. The van der Waals surface area contributed by atoms with Crippen LogP contribution in [0.25, 0.3) is 0 Å². The number of nitrogens with zero attached hydrogens (tertiary/aromatic N) is 3. The van der Waals surface area contributed by atoms with Crippen molar-refractivity contribution in [2.45, 2.75) is 39.8 Å². The molecule has 1 saturated heterocycles. The normalized spacial score (nSPS) is 17.2. The molecule has 0 amide bonds. The van der Waals surface area contributed by atoms with E-state index in [2.05, 4.69) is 39.4 Å². The van der Waals surface area contributed by atoms with Crippen LogP contribution in [0.1, 0.15) is 30.8 Å². The van der Waals surface area contributed by atoms with Crippen LogP contribution in [0.4, 0.5) is 0 Å². The van der Waals surface area contributed by atoms with E-state index in [0.29, 0.717) is 12.0 Å². The van der Waals surface area contributed by atoms with E-state index >= 15 is 0 Å². The summed E-state index contributed by atoms with van der Waals surface area (Å²) in [7, 11) is 1.82. The minimum atomic E-state index is 0. The zero-order valence-corrected chi connectivity index (χ0v) is 18.9. The lowest BCUT2D eigenvalue weighted by Gasteiger charge is -2.35. The van der Waals surface area contributed by atoms with E-state index in [4.69, 9.17) is 4.74 Å². The van der Waals surface area contributed by atoms with Gasteiger partial charge in [-0.25, -0.2) is 4.98 Å². The smallest absolute Gasteiger partial charge is 0.191 e. The monoisotopic (exact) mass is 481 g/mol. The summed E-state index contributed by atoms with van der Waals surface area (Å²) in [6.45, 7) is 12.0. The molecule has 0 aromatic carbocycles. The summed E-state index contributed by atoms with van der Waals surface area (Å²) < 4.78 is 5.49. The first-order chi connectivity index (χ1) is 11.6. The summed E-state index contributed by atoms with van der Waals surface area (Å²) in [5, 5.41) is 6.89. The van der Waals surface area contributed by atoms with Gasteiger partial charge in [0.2, 0.25) is 0 Å². The molecule has 1 fully saturated rings. The number of ether oxygens (including phenoxy) is 1. The first-order valence-corrected chi connectivity index (χ1v) is 9.63. The number of morpholine rings is 1. The van der Waals surface area contributed by atoms with Crippen LogP contribution in [0.2, 0.25) is 0 Å². The van der Waals surface area contributed by atoms with Gasteiger partial charge >= 0.3 is 0 Å². The molecular formula is C17H32IN5OS. The molecule has 1 aliphatic rings. The van der Waals surface area contributed by atoms with Crippen LogP contribution in [0.5, 0.6) is 0 Å². The second kappa shape index (κ2) is 12.0. The lowest BCUT2D eigenvalue weighted by molar-refractivity contribution is 0.0132. The first-order valence-electron chi connectivity index (χ1n) is 8.75. The second-order valence-corrected chi connectivity index (χ2v) is 7.54. The second-order valence-electron chi connectivity index (χ2n) is 6.60. The Morgan fingerprint density at radius 3 is 2.64 bits per heavy atom. The number of guanidine groups is 1. The molecule has 6 nitrogen and oxygen atoms in total. The van der Waals surface area contributed by atoms with Gasteiger partial charge in [0.15, 0.2) is 5.96 Å². The van der Waals surface area contributed by atoms with E-state index in [1.165, 1.54) is 11.3 Å². The van der Waals surface area contributed by atoms with Crippen molar-refractivity contribution in [1.82, 2.24) is 20.5 Å². The Labute approximate surface area is 172 Å². The molecule has 0 aliphatic carbocycles. The fourth-order valence-corrected chi connectivity index (χ4v) is 3.66. The van der Waals surface area contributed by atoms with Crippen molar-refractivity contribution in [2.75, 3.05) is 39.9 Å². The van der Waals surface area contributed by atoms with Crippen molar-refractivity contribution in [2.24, 2.45) is 10.9 Å². The third-order valence-corrected chi connectivity index (χ3v) is 5.23. The maximum absolute atomic E-state index is 5.49. The predicted octanol–water partition coefficient (Wildman–Crippen LogP) is 2.48. The van der Waals surface area contributed by atoms with E-state index in [9.17, 15) is 0 Å². The van der Waals surface area contributed by atoms with Gasteiger partial charge in [-0.15, -0.1) is 35.3 Å². The molecule has 2 rings (SSSR count). The highest BCUT2D eigenvalue weighted by atomic mass is 127. The maximum Gasteiger partial charge on any atom is 0.191 e. The molecule has 0 saturated carbocycles. The zero-order valence-electron chi connectivity index (χ0n) is 15.7. The summed E-state index contributed by atoms with van der Waals surface area (Å²) in [6.07, 6.45) is 1.18. The van der Waals surface area contributed by atoms with Crippen LogP contribution in [-0.4, -0.2) is 61.8 Å². The summed E-state index contributed by atoms with van der Waals surface area (Å²) >= 11 is 1.68. The molecular weight excluding hydrogens is 449 g/mol. The number of hydrogen-bond acceptors (Lipinski definition) is 5. The van der Waals surface area contributed by atoms with Crippen molar-refractivity contribution in [3.8, 4) is 0 Å². The van der Waals surface area contributed by atoms with Crippen molar-refractivity contribution < 1.29 is 4.74 Å². The standard InChI is InChI=1S/C17H31N5OS.HI/c1-13(2)9-15(22-5-7-23-8-6-22)10-19-17(18-4)20-11-16-14(3)21-12-24-16;/h12-13,15H,5-11H2,1-4H3,(H2,18,19,20);1H. The topological polar surface area (TPSA) is 61.8 Å². The van der Waals surface area contributed by atoms with Crippen LogP contribution >= 0.6 is 35.3 Å². The Morgan fingerprint density at radius 2 is 2.08 bits per heavy atom. The number of nitrogens with one attached hydrogen (secondary N) is 2. The molecule has 2 heterocycles. The molecule has 1 unspecified atom stereocenters. The average Bonchev–Trinajstić information content (AvgIpc) is 2.99. The Morgan fingerprint density at radius 1 is 1.36 bits per heavy atom. The summed E-state index contributed by atoms with van der Waals surface area (Å²) in [4.78, 5) is 12.4.